The first kappa shape index (κ1) is 23.1. The molecule has 0 unspecified atom stereocenters. The molecule has 0 aliphatic carbocycles. The number of carbonyl (C=O) groups excluding carboxylic acids is 2. The van der Waals surface area contributed by atoms with Crippen molar-refractivity contribution in [3.8, 4) is 0 Å². The standard InChI is InChI=1S/C24H30ClN3O3/c1-2-15-31-18-21-6-4-3-5-20(21)17-26-24(30)28-13-11-27(12-14-28)23(29)16-19-7-9-22(25)10-8-19/h3-10H,2,11-18H2,1H3,(H,26,30). The Labute approximate surface area is 189 Å². The van der Waals surface area contributed by atoms with Crippen LogP contribution in [0.1, 0.15) is 30.0 Å². The van der Waals surface area contributed by atoms with Gasteiger partial charge in [0.2, 0.25) is 5.91 Å². The van der Waals surface area contributed by atoms with Gasteiger partial charge in [-0.25, -0.2) is 4.79 Å². The highest BCUT2D eigenvalue weighted by Gasteiger charge is 2.24. The van der Waals surface area contributed by atoms with Gasteiger partial charge in [-0.2, -0.15) is 0 Å². The highest BCUT2D eigenvalue weighted by molar-refractivity contribution is 6.30. The Morgan fingerprint density at radius 2 is 1.61 bits per heavy atom. The third kappa shape index (κ3) is 6.97. The number of nitrogens with zero attached hydrogens (tertiary/aromatic N) is 2. The summed E-state index contributed by atoms with van der Waals surface area (Å²) in [6.45, 7) is 5.95. The molecule has 7 heteroatoms. The molecule has 166 valence electrons. The van der Waals surface area contributed by atoms with Gasteiger partial charge in [0, 0.05) is 44.4 Å². The lowest BCUT2D eigenvalue weighted by atomic mass is 10.1. The van der Waals surface area contributed by atoms with Crippen LogP contribution in [-0.2, 0) is 29.1 Å². The third-order valence-electron chi connectivity index (χ3n) is 5.34. The van der Waals surface area contributed by atoms with Crippen LogP contribution in [0.4, 0.5) is 4.79 Å². The first-order chi connectivity index (χ1) is 15.1. The summed E-state index contributed by atoms with van der Waals surface area (Å²) in [6, 6.07) is 15.2. The van der Waals surface area contributed by atoms with E-state index in [1.54, 1.807) is 17.0 Å². The molecule has 0 spiro atoms. The lowest BCUT2D eigenvalue weighted by Crippen LogP contribution is -2.53. The molecule has 1 saturated heterocycles. The number of halogens is 1. The summed E-state index contributed by atoms with van der Waals surface area (Å²) < 4.78 is 5.65. The fourth-order valence-electron chi connectivity index (χ4n) is 3.53. The van der Waals surface area contributed by atoms with Crippen LogP contribution in [0.5, 0.6) is 0 Å². The van der Waals surface area contributed by atoms with Gasteiger partial charge in [0.1, 0.15) is 0 Å². The summed E-state index contributed by atoms with van der Waals surface area (Å²) in [6.07, 6.45) is 1.33. The van der Waals surface area contributed by atoms with Crippen LogP contribution in [-0.4, -0.2) is 54.5 Å². The monoisotopic (exact) mass is 443 g/mol. The molecule has 3 rings (SSSR count). The Morgan fingerprint density at radius 1 is 0.968 bits per heavy atom. The minimum absolute atomic E-state index is 0.0726. The molecule has 1 fully saturated rings. The maximum atomic E-state index is 12.6. The largest absolute Gasteiger partial charge is 0.377 e. The quantitative estimate of drug-likeness (QED) is 0.630. The number of ether oxygens (including phenoxy) is 1. The van der Waals surface area contributed by atoms with Crippen molar-refractivity contribution in [3.63, 3.8) is 0 Å². The topological polar surface area (TPSA) is 61.9 Å². The summed E-state index contributed by atoms with van der Waals surface area (Å²) in [4.78, 5) is 28.7. The molecular weight excluding hydrogens is 414 g/mol. The number of nitrogens with one attached hydrogen (secondary N) is 1. The van der Waals surface area contributed by atoms with Gasteiger partial charge in [-0.15, -0.1) is 0 Å². The van der Waals surface area contributed by atoms with E-state index in [2.05, 4.69) is 12.2 Å². The number of hydrogen-bond acceptors (Lipinski definition) is 3. The molecule has 6 nitrogen and oxygen atoms in total. The molecule has 3 amide bonds. The van der Waals surface area contributed by atoms with Crippen LogP contribution in [0.15, 0.2) is 48.5 Å². The van der Waals surface area contributed by atoms with E-state index in [4.69, 9.17) is 16.3 Å². The van der Waals surface area contributed by atoms with Crippen molar-refractivity contribution in [2.45, 2.75) is 32.9 Å². The number of piperazine rings is 1. The highest BCUT2D eigenvalue weighted by atomic mass is 35.5. The SMILES string of the molecule is CCCOCc1ccccc1CNC(=O)N1CCN(C(=O)Cc2ccc(Cl)cc2)CC1. The van der Waals surface area contributed by atoms with Gasteiger partial charge in [0.05, 0.1) is 13.0 Å². The molecule has 2 aromatic rings. The summed E-state index contributed by atoms with van der Waals surface area (Å²) in [5.74, 6) is 0.0726. The number of benzene rings is 2. The van der Waals surface area contributed by atoms with E-state index in [0.29, 0.717) is 50.8 Å². The molecule has 0 bridgehead atoms. The van der Waals surface area contributed by atoms with Crippen molar-refractivity contribution in [1.29, 1.82) is 0 Å². The molecular formula is C24H30ClN3O3. The van der Waals surface area contributed by atoms with Crippen molar-refractivity contribution >= 4 is 23.5 Å². The maximum absolute atomic E-state index is 12.6. The van der Waals surface area contributed by atoms with Crippen LogP contribution in [0.2, 0.25) is 5.02 Å². The van der Waals surface area contributed by atoms with Gasteiger partial charge in [-0.05, 0) is 35.2 Å². The molecule has 1 aliphatic heterocycles. The van der Waals surface area contributed by atoms with Gasteiger partial charge in [0.15, 0.2) is 0 Å². The van der Waals surface area contributed by atoms with Crippen LogP contribution >= 0.6 is 11.6 Å². The zero-order chi connectivity index (χ0) is 22.1. The van der Waals surface area contributed by atoms with Gasteiger partial charge in [0.25, 0.3) is 0 Å². The molecule has 1 aliphatic rings. The molecule has 0 radical (unpaired) electrons. The molecule has 1 N–H and O–H groups in total. The van der Waals surface area contributed by atoms with Crippen LogP contribution in [0.3, 0.4) is 0 Å². The smallest absolute Gasteiger partial charge is 0.317 e. The van der Waals surface area contributed by atoms with E-state index < -0.39 is 0 Å². The second-order valence-electron chi connectivity index (χ2n) is 7.65. The maximum Gasteiger partial charge on any atom is 0.317 e. The number of amides is 3. The molecule has 0 atom stereocenters. The average Bonchev–Trinajstić information content (AvgIpc) is 2.80. The molecule has 31 heavy (non-hydrogen) atoms. The Morgan fingerprint density at radius 3 is 2.29 bits per heavy atom. The molecule has 0 saturated carbocycles. The summed E-state index contributed by atoms with van der Waals surface area (Å²) in [7, 11) is 0. The van der Waals surface area contributed by atoms with Gasteiger partial charge < -0.3 is 19.9 Å². The van der Waals surface area contributed by atoms with E-state index >= 15 is 0 Å². The lowest BCUT2D eigenvalue weighted by Gasteiger charge is -2.35. The predicted octanol–water partition coefficient (Wildman–Crippen LogP) is 3.86. The van der Waals surface area contributed by atoms with Crippen molar-refractivity contribution in [2.75, 3.05) is 32.8 Å². The first-order valence-corrected chi connectivity index (χ1v) is 11.1. The normalized spacial score (nSPS) is 13.9. The number of urea groups is 1. The Bertz CT molecular complexity index is 865. The fourth-order valence-corrected chi connectivity index (χ4v) is 3.65. The van der Waals surface area contributed by atoms with Crippen LogP contribution in [0, 0.1) is 0 Å². The molecule has 0 aromatic heterocycles. The van der Waals surface area contributed by atoms with E-state index in [9.17, 15) is 9.59 Å². The van der Waals surface area contributed by atoms with Crippen molar-refractivity contribution < 1.29 is 14.3 Å². The van der Waals surface area contributed by atoms with Crippen molar-refractivity contribution in [2.24, 2.45) is 0 Å². The second kappa shape index (κ2) is 11.7. The first-order valence-electron chi connectivity index (χ1n) is 10.8. The van der Waals surface area contributed by atoms with Crippen LogP contribution in [0.25, 0.3) is 0 Å². The van der Waals surface area contributed by atoms with E-state index in [0.717, 1.165) is 29.7 Å². The van der Waals surface area contributed by atoms with Gasteiger partial charge in [-0.1, -0.05) is 54.9 Å². The van der Waals surface area contributed by atoms with Crippen molar-refractivity contribution in [1.82, 2.24) is 15.1 Å². The van der Waals surface area contributed by atoms with E-state index in [1.807, 2.05) is 41.3 Å². The fraction of sp³-hybridized carbons (Fsp3) is 0.417. The van der Waals surface area contributed by atoms with Gasteiger partial charge in [-0.3, -0.25) is 4.79 Å². The number of rotatable bonds is 8. The zero-order valence-electron chi connectivity index (χ0n) is 18.0. The summed E-state index contributed by atoms with van der Waals surface area (Å²) >= 11 is 5.90. The third-order valence-corrected chi connectivity index (χ3v) is 5.59. The minimum atomic E-state index is -0.103. The Balaban J connectivity index is 1.44. The summed E-state index contributed by atoms with van der Waals surface area (Å²) in [5, 5.41) is 3.66. The van der Waals surface area contributed by atoms with E-state index in [-0.39, 0.29) is 11.9 Å². The highest BCUT2D eigenvalue weighted by Crippen LogP contribution is 2.13. The minimum Gasteiger partial charge on any atom is -0.377 e. The Kier molecular flexibility index (Phi) is 8.74. The average molecular weight is 444 g/mol. The lowest BCUT2D eigenvalue weighted by molar-refractivity contribution is -0.131. The van der Waals surface area contributed by atoms with Crippen LogP contribution < -0.4 is 5.32 Å². The number of carbonyl (C=O) groups is 2. The summed E-state index contributed by atoms with van der Waals surface area (Å²) in [5.41, 5.74) is 3.09. The number of hydrogen-bond donors (Lipinski definition) is 1. The predicted molar refractivity (Wildman–Crippen MR) is 122 cm³/mol. The zero-order valence-corrected chi connectivity index (χ0v) is 18.7. The Hall–Kier alpha value is -2.57. The van der Waals surface area contributed by atoms with Crippen molar-refractivity contribution in [3.05, 3.63) is 70.2 Å². The van der Waals surface area contributed by atoms with Gasteiger partial charge >= 0.3 is 6.03 Å². The van der Waals surface area contributed by atoms with E-state index in [1.165, 1.54) is 0 Å². The molecule has 2 aromatic carbocycles. The molecule has 1 heterocycles. The second-order valence-corrected chi connectivity index (χ2v) is 8.09.